The summed E-state index contributed by atoms with van der Waals surface area (Å²) in [5.41, 5.74) is 8.78. The maximum atomic E-state index is 5.12. The van der Waals surface area contributed by atoms with Crippen LogP contribution in [0.15, 0.2) is 170 Å². The maximum Gasteiger partial charge on any atom is 0.238 e. The molecule has 0 amide bonds. The number of para-hydroxylation sites is 2. The smallest absolute Gasteiger partial charge is 0.238 e. The fourth-order valence-electron chi connectivity index (χ4n) is 7.10. The summed E-state index contributed by atoms with van der Waals surface area (Å²) >= 11 is 1.86. The quantitative estimate of drug-likeness (QED) is 0.185. The van der Waals surface area contributed by atoms with Gasteiger partial charge in [0.05, 0.1) is 11.0 Å². The number of hydrogen-bond donors (Lipinski definition) is 0. The average Bonchev–Trinajstić information content (AvgIpc) is 3.74. The number of thiophene rings is 1. The van der Waals surface area contributed by atoms with E-state index in [0.29, 0.717) is 17.6 Å². The summed E-state index contributed by atoms with van der Waals surface area (Å²) in [6, 6.07) is 59.7. The highest BCUT2D eigenvalue weighted by Gasteiger charge is 2.18. The van der Waals surface area contributed by atoms with Gasteiger partial charge in [0.1, 0.15) is 0 Å². The third kappa shape index (κ3) is 4.71. The molecule has 0 aliphatic rings. The zero-order chi connectivity index (χ0) is 33.0. The molecular formula is C45H28N4S. The van der Waals surface area contributed by atoms with Crippen LogP contribution in [-0.2, 0) is 0 Å². The van der Waals surface area contributed by atoms with Crippen molar-refractivity contribution in [2.24, 2.45) is 0 Å². The SMILES string of the molecule is c1ccc(-c2nc(-c3ccc(-c4cccc(-c5cccc6c5sc5ccccc56)c4)cc3)nc(-n3c4ccccc4c4ccccc43)n2)cc1. The van der Waals surface area contributed by atoms with Crippen LogP contribution in [-0.4, -0.2) is 19.5 Å². The van der Waals surface area contributed by atoms with Crippen molar-refractivity contribution in [3.05, 3.63) is 170 Å². The maximum absolute atomic E-state index is 5.12. The first-order valence-electron chi connectivity index (χ1n) is 16.7. The first-order chi connectivity index (χ1) is 24.8. The van der Waals surface area contributed by atoms with E-state index in [1.807, 2.05) is 41.7 Å². The van der Waals surface area contributed by atoms with E-state index in [1.54, 1.807) is 0 Å². The zero-order valence-corrected chi connectivity index (χ0v) is 27.7. The van der Waals surface area contributed by atoms with Gasteiger partial charge in [0, 0.05) is 42.1 Å². The third-order valence-electron chi connectivity index (χ3n) is 9.49. The van der Waals surface area contributed by atoms with Gasteiger partial charge >= 0.3 is 0 Å². The molecule has 3 aromatic heterocycles. The molecule has 0 N–H and O–H groups in total. The first kappa shape index (κ1) is 28.6. The molecule has 50 heavy (non-hydrogen) atoms. The highest BCUT2D eigenvalue weighted by atomic mass is 32.1. The monoisotopic (exact) mass is 656 g/mol. The second-order valence-electron chi connectivity index (χ2n) is 12.5. The summed E-state index contributed by atoms with van der Waals surface area (Å²) in [5, 5.41) is 4.96. The van der Waals surface area contributed by atoms with Crippen molar-refractivity contribution >= 4 is 53.3 Å². The summed E-state index contributed by atoms with van der Waals surface area (Å²) in [6.07, 6.45) is 0. The molecule has 0 radical (unpaired) electrons. The van der Waals surface area contributed by atoms with Crippen molar-refractivity contribution < 1.29 is 0 Å². The van der Waals surface area contributed by atoms with E-state index in [1.165, 1.54) is 47.6 Å². The van der Waals surface area contributed by atoms with Gasteiger partial charge in [-0.05, 0) is 46.5 Å². The number of fused-ring (bicyclic) bond motifs is 6. The Morgan fingerprint density at radius 2 is 0.920 bits per heavy atom. The summed E-state index contributed by atoms with van der Waals surface area (Å²) < 4.78 is 4.79. The second-order valence-corrected chi connectivity index (χ2v) is 13.5. The van der Waals surface area contributed by atoms with Gasteiger partial charge in [-0.15, -0.1) is 11.3 Å². The third-order valence-corrected chi connectivity index (χ3v) is 10.7. The lowest BCUT2D eigenvalue weighted by Gasteiger charge is -2.11. The van der Waals surface area contributed by atoms with E-state index in [4.69, 9.17) is 15.0 Å². The number of hydrogen-bond acceptors (Lipinski definition) is 4. The molecule has 3 heterocycles. The lowest BCUT2D eigenvalue weighted by molar-refractivity contribution is 0.953. The van der Waals surface area contributed by atoms with Crippen LogP contribution in [0.3, 0.4) is 0 Å². The standard InChI is InChI=1S/C45H28N4S/c1-2-12-30(13-3-1)43-46-44(48-45(47-43)49-39-21-7-4-16-35(39)36-17-5-8-22-40(36)49)31-26-24-29(25-27-31)32-14-10-15-33(28-32)34-19-11-20-38-37-18-6-9-23-41(37)50-42(34)38/h1-28H. The van der Waals surface area contributed by atoms with Gasteiger partial charge in [0.25, 0.3) is 0 Å². The summed E-state index contributed by atoms with van der Waals surface area (Å²) in [7, 11) is 0. The lowest BCUT2D eigenvalue weighted by atomic mass is 9.97. The molecular weight excluding hydrogens is 629 g/mol. The van der Waals surface area contributed by atoms with E-state index in [-0.39, 0.29) is 0 Å². The molecule has 10 rings (SSSR count). The van der Waals surface area contributed by atoms with Crippen molar-refractivity contribution in [2.75, 3.05) is 0 Å². The molecule has 0 unspecified atom stereocenters. The molecule has 7 aromatic carbocycles. The van der Waals surface area contributed by atoms with E-state index >= 15 is 0 Å². The number of benzene rings is 7. The van der Waals surface area contributed by atoms with Gasteiger partial charge in [-0.1, -0.05) is 146 Å². The minimum atomic E-state index is 0.596. The van der Waals surface area contributed by atoms with E-state index in [9.17, 15) is 0 Å². The Morgan fingerprint density at radius 1 is 0.380 bits per heavy atom. The Balaban J connectivity index is 1.07. The minimum absolute atomic E-state index is 0.596. The van der Waals surface area contributed by atoms with E-state index in [2.05, 4.69) is 144 Å². The number of aromatic nitrogens is 4. The minimum Gasteiger partial charge on any atom is -0.278 e. The van der Waals surface area contributed by atoms with Gasteiger partial charge in [-0.3, -0.25) is 4.57 Å². The van der Waals surface area contributed by atoms with Gasteiger partial charge in [0.2, 0.25) is 5.95 Å². The molecule has 0 atom stereocenters. The molecule has 0 aliphatic heterocycles. The van der Waals surface area contributed by atoms with Crippen molar-refractivity contribution in [3.63, 3.8) is 0 Å². The highest BCUT2D eigenvalue weighted by Crippen LogP contribution is 2.40. The van der Waals surface area contributed by atoms with E-state index < -0.39 is 0 Å². The Hall–Kier alpha value is -6.43. The zero-order valence-electron chi connectivity index (χ0n) is 26.9. The van der Waals surface area contributed by atoms with Crippen molar-refractivity contribution in [1.29, 1.82) is 0 Å². The topological polar surface area (TPSA) is 43.6 Å². The molecule has 0 saturated carbocycles. The Morgan fingerprint density at radius 3 is 1.66 bits per heavy atom. The van der Waals surface area contributed by atoms with Gasteiger partial charge in [-0.2, -0.15) is 9.97 Å². The molecule has 0 spiro atoms. The molecule has 0 saturated heterocycles. The van der Waals surface area contributed by atoms with Gasteiger partial charge < -0.3 is 0 Å². The van der Waals surface area contributed by atoms with Crippen LogP contribution in [0.2, 0.25) is 0 Å². The number of nitrogens with zero attached hydrogens (tertiary/aromatic N) is 4. The predicted molar refractivity (Wildman–Crippen MR) is 209 cm³/mol. The molecule has 0 fully saturated rings. The molecule has 0 bridgehead atoms. The molecule has 5 heteroatoms. The van der Waals surface area contributed by atoms with Crippen molar-refractivity contribution in [2.45, 2.75) is 0 Å². The van der Waals surface area contributed by atoms with Crippen LogP contribution in [0.4, 0.5) is 0 Å². The summed E-state index contributed by atoms with van der Waals surface area (Å²) in [4.78, 5) is 15.2. The fraction of sp³-hybridized carbons (Fsp3) is 0. The van der Waals surface area contributed by atoms with E-state index in [0.717, 1.165) is 27.7 Å². The molecule has 10 aromatic rings. The Bertz CT molecular complexity index is 2810. The normalized spacial score (nSPS) is 11.6. The van der Waals surface area contributed by atoms with Crippen LogP contribution in [0.5, 0.6) is 0 Å². The molecule has 4 nitrogen and oxygen atoms in total. The predicted octanol–water partition coefficient (Wildman–Crippen LogP) is 12.0. The average molecular weight is 657 g/mol. The fourth-order valence-corrected chi connectivity index (χ4v) is 8.34. The Labute approximate surface area is 292 Å². The van der Waals surface area contributed by atoms with Crippen LogP contribution in [0.1, 0.15) is 0 Å². The summed E-state index contributed by atoms with van der Waals surface area (Å²) in [5.74, 6) is 1.87. The van der Waals surface area contributed by atoms with Crippen molar-refractivity contribution in [1.82, 2.24) is 19.5 Å². The van der Waals surface area contributed by atoms with Gasteiger partial charge in [-0.25, -0.2) is 4.98 Å². The van der Waals surface area contributed by atoms with Gasteiger partial charge in [0.15, 0.2) is 11.6 Å². The number of rotatable bonds is 5. The van der Waals surface area contributed by atoms with Crippen LogP contribution in [0.25, 0.3) is 93.0 Å². The summed E-state index contributed by atoms with van der Waals surface area (Å²) in [6.45, 7) is 0. The van der Waals surface area contributed by atoms with Crippen LogP contribution >= 0.6 is 11.3 Å². The first-order valence-corrected chi connectivity index (χ1v) is 17.5. The Kier molecular flexibility index (Phi) is 6.64. The molecule has 234 valence electrons. The highest BCUT2D eigenvalue weighted by molar-refractivity contribution is 7.26. The van der Waals surface area contributed by atoms with Crippen LogP contribution in [0, 0.1) is 0 Å². The molecule has 0 aliphatic carbocycles. The lowest BCUT2D eigenvalue weighted by Crippen LogP contribution is -2.06. The van der Waals surface area contributed by atoms with Crippen molar-refractivity contribution in [3.8, 4) is 51.0 Å². The second kappa shape index (κ2) is 11.6. The largest absolute Gasteiger partial charge is 0.278 e. The van der Waals surface area contributed by atoms with Crippen LogP contribution < -0.4 is 0 Å².